The maximum atomic E-state index is 12.3. The minimum Gasteiger partial charge on any atom is -0.228 e. The van der Waals surface area contributed by atoms with Crippen LogP contribution in [0.5, 0.6) is 0 Å². The van der Waals surface area contributed by atoms with Gasteiger partial charge in [0.1, 0.15) is 0 Å². The molecule has 0 spiro atoms. The van der Waals surface area contributed by atoms with E-state index in [-0.39, 0.29) is 18.8 Å². The van der Waals surface area contributed by atoms with E-state index in [4.69, 9.17) is 0 Å². The summed E-state index contributed by atoms with van der Waals surface area (Å²) in [4.78, 5) is 0.786. The van der Waals surface area contributed by atoms with Gasteiger partial charge in [0.05, 0.1) is 11.0 Å². The van der Waals surface area contributed by atoms with Crippen LogP contribution in [0.15, 0.2) is 17.5 Å². The third kappa shape index (κ3) is 3.06. The number of hydrogen-bond donors (Lipinski definition) is 0. The number of thiophene rings is 1. The number of rotatable bonds is 3. The standard InChI is InChI=1S/C11H18N2O4S3/c1-12(2)20(16,17)13-6-5-11(10-4-3-8-18-10)19(14,15)9-7-13/h3-4,8,11H,5-7,9H2,1-2H3/t11-/m1/s1. The van der Waals surface area contributed by atoms with Crippen LogP contribution in [-0.4, -0.2) is 58.4 Å². The molecule has 0 unspecified atom stereocenters. The summed E-state index contributed by atoms with van der Waals surface area (Å²) in [5.41, 5.74) is 0. The molecule has 9 heteroatoms. The Morgan fingerprint density at radius 1 is 1.35 bits per heavy atom. The summed E-state index contributed by atoms with van der Waals surface area (Å²) in [6.45, 7) is 0.243. The average molecular weight is 338 g/mol. The summed E-state index contributed by atoms with van der Waals surface area (Å²) in [7, 11) is -3.98. The minimum absolute atomic E-state index is 0.0186. The van der Waals surface area contributed by atoms with E-state index in [0.29, 0.717) is 6.42 Å². The lowest BCUT2D eigenvalue weighted by atomic mass is 10.2. The van der Waals surface area contributed by atoms with Crippen LogP contribution in [0.2, 0.25) is 0 Å². The predicted octanol–water partition coefficient (Wildman–Crippen LogP) is 0.716. The zero-order valence-electron chi connectivity index (χ0n) is 11.4. The first-order valence-electron chi connectivity index (χ1n) is 6.18. The number of nitrogens with zero attached hydrogens (tertiary/aromatic N) is 2. The van der Waals surface area contributed by atoms with Crippen molar-refractivity contribution in [3.63, 3.8) is 0 Å². The van der Waals surface area contributed by atoms with Crippen molar-refractivity contribution < 1.29 is 16.8 Å². The summed E-state index contributed by atoms with van der Waals surface area (Å²) in [6, 6.07) is 3.61. The van der Waals surface area contributed by atoms with E-state index in [1.165, 1.54) is 29.7 Å². The van der Waals surface area contributed by atoms with Crippen LogP contribution in [0, 0.1) is 0 Å². The lowest BCUT2D eigenvalue weighted by Crippen LogP contribution is -2.41. The third-order valence-electron chi connectivity index (χ3n) is 3.35. The molecule has 0 amide bonds. The molecule has 0 aliphatic carbocycles. The van der Waals surface area contributed by atoms with Gasteiger partial charge in [0.2, 0.25) is 0 Å². The molecular formula is C11H18N2O4S3. The summed E-state index contributed by atoms with van der Waals surface area (Å²) in [5.74, 6) is -0.136. The molecule has 0 radical (unpaired) electrons. The largest absolute Gasteiger partial charge is 0.281 e. The highest BCUT2D eigenvalue weighted by Gasteiger charge is 2.36. The highest BCUT2D eigenvalue weighted by Crippen LogP contribution is 2.32. The van der Waals surface area contributed by atoms with E-state index < -0.39 is 25.3 Å². The molecule has 1 saturated heterocycles. The second-order valence-electron chi connectivity index (χ2n) is 4.85. The molecule has 0 bridgehead atoms. The van der Waals surface area contributed by atoms with Gasteiger partial charge in [-0.15, -0.1) is 11.3 Å². The molecule has 1 aliphatic heterocycles. The van der Waals surface area contributed by atoms with Crippen LogP contribution >= 0.6 is 11.3 Å². The number of sulfone groups is 1. The highest BCUT2D eigenvalue weighted by atomic mass is 32.2. The van der Waals surface area contributed by atoms with E-state index in [1.807, 2.05) is 11.4 Å². The van der Waals surface area contributed by atoms with E-state index in [1.54, 1.807) is 6.07 Å². The van der Waals surface area contributed by atoms with E-state index in [0.717, 1.165) is 9.18 Å². The van der Waals surface area contributed by atoms with Gasteiger partial charge in [-0.3, -0.25) is 0 Å². The van der Waals surface area contributed by atoms with Gasteiger partial charge >= 0.3 is 0 Å². The molecule has 0 saturated carbocycles. The maximum Gasteiger partial charge on any atom is 0.281 e. The van der Waals surface area contributed by atoms with Crippen LogP contribution in [0.1, 0.15) is 16.5 Å². The Bertz CT molecular complexity index is 650. The molecule has 0 N–H and O–H groups in total. The summed E-state index contributed by atoms with van der Waals surface area (Å²) in [6.07, 6.45) is 0.302. The van der Waals surface area contributed by atoms with Crippen molar-refractivity contribution in [3.8, 4) is 0 Å². The summed E-state index contributed by atoms with van der Waals surface area (Å²) >= 11 is 1.40. The minimum atomic E-state index is -3.56. The molecule has 1 aromatic heterocycles. The quantitative estimate of drug-likeness (QED) is 0.814. The zero-order chi connectivity index (χ0) is 15.0. The van der Waals surface area contributed by atoms with Crippen molar-refractivity contribution in [2.45, 2.75) is 11.7 Å². The second kappa shape index (κ2) is 5.72. The van der Waals surface area contributed by atoms with Gasteiger partial charge in [0, 0.05) is 32.1 Å². The first-order chi connectivity index (χ1) is 9.25. The third-order valence-corrected chi connectivity index (χ3v) is 8.53. The Labute approximate surface area is 124 Å². The molecule has 2 rings (SSSR count). The van der Waals surface area contributed by atoms with Gasteiger partial charge < -0.3 is 0 Å². The Morgan fingerprint density at radius 3 is 2.60 bits per heavy atom. The number of hydrogen-bond acceptors (Lipinski definition) is 5. The first kappa shape index (κ1) is 15.9. The van der Waals surface area contributed by atoms with Gasteiger partial charge in [-0.2, -0.15) is 17.0 Å². The Morgan fingerprint density at radius 2 is 2.05 bits per heavy atom. The van der Waals surface area contributed by atoms with E-state index in [2.05, 4.69) is 0 Å². The van der Waals surface area contributed by atoms with Crippen LogP contribution in [0.4, 0.5) is 0 Å². The highest BCUT2D eigenvalue weighted by molar-refractivity contribution is 7.92. The molecule has 114 valence electrons. The lowest BCUT2D eigenvalue weighted by molar-refractivity contribution is 0.388. The molecule has 0 aromatic carbocycles. The molecular weight excluding hydrogens is 320 g/mol. The Kier molecular flexibility index (Phi) is 4.55. The fourth-order valence-corrected chi connectivity index (χ4v) is 6.42. The molecule has 6 nitrogen and oxygen atoms in total. The van der Waals surface area contributed by atoms with Crippen LogP contribution in [-0.2, 0) is 20.0 Å². The topological polar surface area (TPSA) is 74.8 Å². The van der Waals surface area contributed by atoms with E-state index >= 15 is 0 Å². The van der Waals surface area contributed by atoms with Crippen molar-refractivity contribution in [1.82, 2.24) is 8.61 Å². The molecule has 1 aromatic rings. The van der Waals surface area contributed by atoms with Gasteiger partial charge in [-0.25, -0.2) is 8.42 Å². The SMILES string of the molecule is CN(C)S(=O)(=O)N1CC[C@H](c2cccs2)S(=O)(=O)CC1. The second-order valence-corrected chi connectivity index (χ2v) is 10.3. The first-order valence-corrected chi connectivity index (χ1v) is 10.2. The molecule has 1 fully saturated rings. The fourth-order valence-electron chi connectivity index (χ4n) is 2.18. The van der Waals surface area contributed by atoms with Crippen molar-refractivity contribution in [1.29, 1.82) is 0 Å². The maximum absolute atomic E-state index is 12.3. The molecule has 1 atom stereocenters. The molecule has 20 heavy (non-hydrogen) atoms. The van der Waals surface area contributed by atoms with Crippen molar-refractivity contribution in [2.24, 2.45) is 0 Å². The Balaban J connectivity index is 2.27. The normalized spacial score (nSPS) is 24.6. The van der Waals surface area contributed by atoms with Crippen molar-refractivity contribution in [3.05, 3.63) is 22.4 Å². The predicted molar refractivity (Wildman–Crippen MR) is 79.6 cm³/mol. The average Bonchev–Trinajstić information content (AvgIpc) is 2.80. The van der Waals surface area contributed by atoms with Gasteiger partial charge in [0.25, 0.3) is 10.2 Å². The van der Waals surface area contributed by atoms with Gasteiger partial charge in [-0.05, 0) is 17.9 Å². The lowest BCUT2D eigenvalue weighted by Gasteiger charge is -2.23. The zero-order valence-corrected chi connectivity index (χ0v) is 13.8. The Hall–Kier alpha value is -0.480. The smallest absolute Gasteiger partial charge is 0.228 e. The van der Waals surface area contributed by atoms with E-state index in [9.17, 15) is 16.8 Å². The molecule has 1 aliphatic rings. The van der Waals surface area contributed by atoms with Crippen molar-refractivity contribution in [2.75, 3.05) is 32.9 Å². The van der Waals surface area contributed by atoms with Crippen LogP contribution in [0.25, 0.3) is 0 Å². The van der Waals surface area contributed by atoms with Crippen LogP contribution in [0.3, 0.4) is 0 Å². The summed E-state index contributed by atoms with van der Waals surface area (Å²) < 4.78 is 51.2. The fraction of sp³-hybridized carbons (Fsp3) is 0.636. The van der Waals surface area contributed by atoms with Crippen molar-refractivity contribution >= 4 is 31.4 Å². The van der Waals surface area contributed by atoms with Gasteiger partial charge in [-0.1, -0.05) is 6.07 Å². The molecule has 2 heterocycles. The summed E-state index contributed by atoms with van der Waals surface area (Å²) in [5, 5.41) is 1.24. The van der Waals surface area contributed by atoms with Crippen LogP contribution < -0.4 is 0 Å². The van der Waals surface area contributed by atoms with Gasteiger partial charge in [0.15, 0.2) is 9.84 Å². The monoisotopic (exact) mass is 338 g/mol.